The molecule has 0 fully saturated rings. The molecule has 0 spiro atoms. The molecule has 0 aliphatic rings. The lowest BCUT2D eigenvalue weighted by Gasteiger charge is -2.04. The Morgan fingerprint density at radius 3 is 2.67 bits per heavy atom. The molecule has 3 rings (SSSR count). The third kappa shape index (κ3) is 2.82. The van der Waals surface area contributed by atoms with Crippen LogP contribution in [0.2, 0.25) is 0 Å². The van der Waals surface area contributed by atoms with Gasteiger partial charge < -0.3 is 4.42 Å². The molecule has 0 aliphatic heterocycles. The van der Waals surface area contributed by atoms with Crippen molar-refractivity contribution in [3.8, 4) is 11.3 Å². The predicted octanol–water partition coefficient (Wildman–Crippen LogP) is 4.06. The summed E-state index contributed by atoms with van der Waals surface area (Å²) in [6.07, 6.45) is 0. The molecule has 0 amide bonds. The molecule has 2 aromatic carbocycles. The number of fused-ring (bicyclic) bond motifs is 1. The van der Waals surface area contributed by atoms with E-state index in [9.17, 15) is 4.79 Å². The maximum atomic E-state index is 12.3. The van der Waals surface area contributed by atoms with Crippen LogP contribution in [-0.4, -0.2) is 5.16 Å². The van der Waals surface area contributed by atoms with Crippen LogP contribution < -0.4 is 5.43 Å². The van der Waals surface area contributed by atoms with Gasteiger partial charge in [0.15, 0.2) is 5.43 Å². The molecule has 3 nitrogen and oxygen atoms in total. The monoisotopic (exact) mass is 293 g/mol. The number of hydrogen-bond donors (Lipinski definition) is 0. The van der Waals surface area contributed by atoms with Crippen LogP contribution in [0.5, 0.6) is 0 Å². The van der Waals surface area contributed by atoms with E-state index >= 15 is 0 Å². The molecule has 3 aromatic rings. The lowest BCUT2D eigenvalue weighted by atomic mass is 10.1. The molecular weight excluding hydrogens is 282 g/mol. The standard InChI is InChI=1S/C17H11NO2S/c19-15-9-17(13-4-2-1-3-5-13)20-16-7-6-12(8-14(15)16)10-18-11-21/h1-9H,10H2. The average Bonchev–Trinajstić information content (AvgIpc) is 2.54. The molecule has 102 valence electrons. The second-order valence-corrected chi connectivity index (χ2v) is 4.76. The van der Waals surface area contributed by atoms with Crippen LogP contribution in [0.3, 0.4) is 0 Å². The number of rotatable bonds is 3. The second-order valence-electron chi connectivity index (χ2n) is 4.58. The minimum Gasteiger partial charge on any atom is -0.456 e. The van der Waals surface area contributed by atoms with Crippen molar-refractivity contribution in [3.05, 3.63) is 70.4 Å². The van der Waals surface area contributed by atoms with Gasteiger partial charge in [0, 0.05) is 11.6 Å². The van der Waals surface area contributed by atoms with Crippen LogP contribution in [0.25, 0.3) is 22.3 Å². The number of thiocarbonyl (C=S) groups is 1. The van der Waals surface area contributed by atoms with Crippen LogP contribution in [-0.2, 0) is 6.54 Å². The van der Waals surface area contributed by atoms with Crippen molar-refractivity contribution in [2.45, 2.75) is 6.54 Å². The van der Waals surface area contributed by atoms with Crippen molar-refractivity contribution in [2.24, 2.45) is 4.99 Å². The first kappa shape index (κ1) is 13.4. The lowest BCUT2D eigenvalue weighted by molar-refractivity contribution is 0.619. The fraction of sp³-hybridized carbons (Fsp3) is 0.0588. The van der Waals surface area contributed by atoms with Crippen molar-refractivity contribution in [1.29, 1.82) is 0 Å². The van der Waals surface area contributed by atoms with Crippen molar-refractivity contribution in [3.63, 3.8) is 0 Å². The molecule has 0 unspecified atom stereocenters. The number of isothiocyanates is 1. The van der Waals surface area contributed by atoms with Crippen LogP contribution in [0.4, 0.5) is 0 Å². The molecule has 1 heterocycles. The quantitative estimate of drug-likeness (QED) is 0.540. The van der Waals surface area contributed by atoms with Crippen LogP contribution in [0.1, 0.15) is 5.56 Å². The van der Waals surface area contributed by atoms with E-state index < -0.39 is 0 Å². The summed E-state index contributed by atoms with van der Waals surface area (Å²) in [6, 6.07) is 16.5. The van der Waals surface area contributed by atoms with Gasteiger partial charge in [-0.2, -0.15) is 0 Å². The predicted molar refractivity (Wildman–Crippen MR) is 86.7 cm³/mol. The molecule has 0 saturated carbocycles. The van der Waals surface area contributed by atoms with E-state index in [0.29, 0.717) is 23.3 Å². The Morgan fingerprint density at radius 1 is 1.10 bits per heavy atom. The maximum absolute atomic E-state index is 12.3. The van der Waals surface area contributed by atoms with E-state index in [0.717, 1.165) is 11.1 Å². The van der Waals surface area contributed by atoms with Gasteiger partial charge in [0.2, 0.25) is 0 Å². The maximum Gasteiger partial charge on any atom is 0.193 e. The second kappa shape index (κ2) is 5.83. The van der Waals surface area contributed by atoms with Gasteiger partial charge in [-0.05, 0) is 29.9 Å². The summed E-state index contributed by atoms with van der Waals surface area (Å²) in [5, 5.41) is 2.86. The molecule has 0 saturated heterocycles. The van der Waals surface area contributed by atoms with E-state index in [4.69, 9.17) is 4.42 Å². The number of nitrogens with zero attached hydrogens (tertiary/aromatic N) is 1. The highest BCUT2D eigenvalue weighted by Crippen LogP contribution is 2.22. The molecule has 1 aromatic heterocycles. The molecule has 21 heavy (non-hydrogen) atoms. The molecule has 4 heteroatoms. The Bertz CT molecular complexity index is 894. The van der Waals surface area contributed by atoms with Crippen molar-refractivity contribution < 1.29 is 4.42 Å². The molecular formula is C17H11NO2S. The molecule has 0 N–H and O–H groups in total. The molecule has 0 radical (unpaired) electrons. The van der Waals surface area contributed by atoms with Gasteiger partial charge in [-0.3, -0.25) is 4.79 Å². The zero-order chi connectivity index (χ0) is 14.7. The largest absolute Gasteiger partial charge is 0.456 e. The first-order valence-corrected chi connectivity index (χ1v) is 6.84. The Labute approximate surface area is 126 Å². The molecule has 0 bridgehead atoms. The SMILES string of the molecule is O=c1cc(-c2ccccc2)oc2ccc(CN=C=S)cc12. The highest BCUT2D eigenvalue weighted by Gasteiger charge is 2.07. The topological polar surface area (TPSA) is 42.6 Å². The van der Waals surface area contributed by atoms with Crippen molar-refractivity contribution in [2.75, 3.05) is 0 Å². The Morgan fingerprint density at radius 2 is 1.90 bits per heavy atom. The van der Waals surface area contributed by atoms with Gasteiger partial charge in [-0.15, -0.1) is 0 Å². The van der Waals surface area contributed by atoms with Crippen molar-refractivity contribution in [1.82, 2.24) is 0 Å². The highest BCUT2D eigenvalue weighted by molar-refractivity contribution is 7.78. The van der Waals surface area contributed by atoms with Crippen molar-refractivity contribution >= 4 is 28.3 Å². The van der Waals surface area contributed by atoms with Gasteiger partial charge in [-0.1, -0.05) is 36.4 Å². The first-order chi connectivity index (χ1) is 10.3. The average molecular weight is 293 g/mol. The summed E-state index contributed by atoms with van der Waals surface area (Å²) in [6.45, 7) is 0.416. The van der Waals surface area contributed by atoms with E-state index in [1.807, 2.05) is 36.4 Å². The van der Waals surface area contributed by atoms with Crippen LogP contribution >= 0.6 is 12.2 Å². The molecule has 0 aliphatic carbocycles. The fourth-order valence-corrected chi connectivity index (χ4v) is 2.23. The smallest absolute Gasteiger partial charge is 0.193 e. The third-order valence-electron chi connectivity index (χ3n) is 3.18. The summed E-state index contributed by atoms with van der Waals surface area (Å²) >= 11 is 4.55. The van der Waals surface area contributed by atoms with E-state index in [1.165, 1.54) is 6.07 Å². The summed E-state index contributed by atoms with van der Waals surface area (Å²) in [4.78, 5) is 16.1. The summed E-state index contributed by atoms with van der Waals surface area (Å²) in [5.74, 6) is 0.567. The van der Waals surface area contributed by atoms with Crippen LogP contribution in [0.15, 0.2) is 68.8 Å². The number of aliphatic imine (C=N–C) groups is 1. The Kier molecular flexibility index (Phi) is 3.73. The number of hydrogen-bond acceptors (Lipinski definition) is 4. The zero-order valence-electron chi connectivity index (χ0n) is 11.1. The lowest BCUT2D eigenvalue weighted by Crippen LogP contribution is -2.01. The van der Waals surface area contributed by atoms with Gasteiger partial charge in [0.05, 0.1) is 17.1 Å². The summed E-state index contributed by atoms with van der Waals surface area (Å²) < 4.78 is 5.82. The summed E-state index contributed by atoms with van der Waals surface area (Å²) in [7, 11) is 0. The third-order valence-corrected chi connectivity index (χ3v) is 3.31. The Balaban J connectivity index is 2.13. The fourth-order valence-electron chi connectivity index (χ4n) is 2.17. The minimum atomic E-state index is -0.0664. The van der Waals surface area contributed by atoms with Gasteiger partial charge in [-0.25, -0.2) is 4.99 Å². The zero-order valence-corrected chi connectivity index (χ0v) is 11.9. The van der Waals surface area contributed by atoms with E-state index in [-0.39, 0.29) is 5.43 Å². The normalized spacial score (nSPS) is 10.3. The van der Waals surface area contributed by atoms with Gasteiger partial charge in [0.1, 0.15) is 11.3 Å². The van der Waals surface area contributed by atoms with Crippen LogP contribution in [0, 0.1) is 0 Å². The number of benzene rings is 2. The van der Waals surface area contributed by atoms with Gasteiger partial charge >= 0.3 is 0 Å². The molecule has 0 atom stereocenters. The Hall–Kier alpha value is -2.55. The highest BCUT2D eigenvalue weighted by atomic mass is 32.1. The first-order valence-electron chi connectivity index (χ1n) is 6.44. The minimum absolute atomic E-state index is 0.0664. The summed E-state index contributed by atoms with van der Waals surface area (Å²) in [5.41, 5.74) is 2.28. The van der Waals surface area contributed by atoms with Gasteiger partial charge in [0.25, 0.3) is 0 Å². The van der Waals surface area contributed by atoms with E-state index in [2.05, 4.69) is 22.4 Å². The van der Waals surface area contributed by atoms with E-state index in [1.54, 1.807) is 12.1 Å².